The third kappa shape index (κ3) is 4.35. The molecule has 3 unspecified atom stereocenters. The number of hydrogen-bond donors (Lipinski definition) is 2. The minimum atomic E-state index is -0.172. The van der Waals surface area contributed by atoms with Gasteiger partial charge in [-0.2, -0.15) is 0 Å². The van der Waals surface area contributed by atoms with Crippen LogP contribution in [0.2, 0.25) is 0 Å². The van der Waals surface area contributed by atoms with Crippen LogP contribution >= 0.6 is 0 Å². The number of fused-ring (bicyclic) bond motifs is 1. The van der Waals surface area contributed by atoms with Crippen LogP contribution in [0.3, 0.4) is 0 Å². The first-order valence-corrected chi connectivity index (χ1v) is 11.5. The average molecular weight is 420 g/mol. The summed E-state index contributed by atoms with van der Waals surface area (Å²) in [5.41, 5.74) is 8.81. The zero-order valence-electron chi connectivity index (χ0n) is 18.8. The van der Waals surface area contributed by atoms with Gasteiger partial charge in [0.2, 0.25) is 0 Å². The van der Waals surface area contributed by atoms with Crippen LogP contribution in [-0.2, 0) is 0 Å². The number of H-pyrrole nitrogens is 1. The number of pyridine rings is 1. The van der Waals surface area contributed by atoms with Gasteiger partial charge in [-0.05, 0) is 50.8 Å². The molecule has 1 aliphatic heterocycles. The van der Waals surface area contributed by atoms with Crippen molar-refractivity contribution in [1.82, 2.24) is 19.9 Å². The maximum Gasteiger partial charge on any atom is 0.257 e. The molecular weight excluding hydrogens is 386 g/mol. The molecule has 3 atom stereocenters. The van der Waals surface area contributed by atoms with Crippen LogP contribution in [0.15, 0.2) is 41.5 Å². The van der Waals surface area contributed by atoms with Crippen LogP contribution in [-0.4, -0.2) is 31.9 Å². The number of hydrogen-bond acceptors (Lipinski definition) is 5. The van der Waals surface area contributed by atoms with E-state index in [0.29, 0.717) is 35.2 Å². The van der Waals surface area contributed by atoms with Crippen molar-refractivity contribution in [3.05, 3.63) is 52.6 Å². The van der Waals surface area contributed by atoms with Gasteiger partial charge in [-0.1, -0.05) is 38.3 Å². The average Bonchev–Trinajstić information content (AvgIpc) is 2.75. The van der Waals surface area contributed by atoms with E-state index >= 15 is 0 Å². The normalized spacial score (nSPS) is 20.7. The summed E-state index contributed by atoms with van der Waals surface area (Å²) in [6.07, 6.45) is 10.3. The molecule has 1 aliphatic rings. The molecule has 2 aromatic heterocycles. The van der Waals surface area contributed by atoms with E-state index in [4.69, 9.17) is 5.73 Å². The van der Waals surface area contributed by atoms with Crippen LogP contribution in [0.5, 0.6) is 0 Å². The van der Waals surface area contributed by atoms with Crippen molar-refractivity contribution in [3.8, 4) is 11.3 Å². The van der Waals surface area contributed by atoms with Crippen molar-refractivity contribution >= 4 is 16.7 Å². The number of rotatable bonds is 6. The van der Waals surface area contributed by atoms with Gasteiger partial charge >= 0.3 is 0 Å². The molecule has 6 nitrogen and oxygen atoms in total. The summed E-state index contributed by atoms with van der Waals surface area (Å²) < 4.78 is 0. The summed E-state index contributed by atoms with van der Waals surface area (Å²) in [4.78, 5) is 27.1. The van der Waals surface area contributed by atoms with E-state index in [2.05, 4.69) is 52.8 Å². The van der Waals surface area contributed by atoms with Crippen LogP contribution in [0, 0.1) is 0 Å². The van der Waals surface area contributed by atoms with Crippen molar-refractivity contribution in [2.45, 2.75) is 77.4 Å². The molecule has 1 aromatic carbocycles. The molecule has 0 aliphatic carbocycles. The maximum atomic E-state index is 12.8. The Morgan fingerprint density at radius 2 is 2.00 bits per heavy atom. The Labute approximate surface area is 183 Å². The summed E-state index contributed by atoms with van der Waals surface area (Å²) in [5.74, 6) is 0.307. The second-order valence-corrected chi connectivity index (χ2v) is 8.88. The standard InChI is InChI=1S/C25H33N5O/c1-4-5-12-23(30-16(2)8-6-9-17(30)3)18-10-7-11-21-19(18)13-20(25(31)29-21)22-14-27-15-24(26)28-22/h7,10-11,13-17,23H,4-6,8-9,12H2,1-3H3,(H2,26,28)(H,29,31). The quantitative estimate of drug-likeness (QED) is 0.583. The molecule has 164 valence electrons. The van der Waals surface area contributed by atoms with Gasteiger partial charge in [-0.25, -0.2) is 4.98 Å². The van der Waals surface area contributed by atoms with Gasteiger partial charge in [0.1, 0.15) is 5.82 Å². The first kappa shape index (κ1) is 21.5. The topological polar surface area (TPSA) is 87.9 Å². The molecule has 6 heteroatoms. The van der Waals surface area contributed by atoms with Gasteiger partial charge in [0, 0.05) is 29.0 Å². The Balaban J connectivity index is 1.88. The summed E-state index contributed by atoms with van der Waals surface area (Å²) in [6.45, 7) is 6.96. The fraction of sp³-hybridized carbons (Fsp3) is 0.480. The van der Waals surface area contributed by atoms with Crippen molar-refractivity contribution in [2.75, 3.05) is 5.73 Å². The van der Waals surface area contributed by atoms with E-state index in [-0.39, 0.29) is 5.56 Å². The van der Waals surface area contributed by atoms with E-state index in [1.807, 2.05) is 12.1 Å². The molecule has 0 bridgehead atoms. The van der Waals surface area contributed by atoms with Crippen molar-refractivity contribution in [1.29, 1.82) is 0 Å². The number of unbranched alkanes of at least 4 members (excludes halogenated alkanes) is 1. The van der Waals surface area contributed by atoms with E-state index in [0.717, 1.165) is 17.3 Å². The Hall–Kier alpha value is -2.73. The first-order chi connectivity index (χ1) is 15.0. The van der Waals surface area contributed by atoms with E-state index in [1.165, 1.54) is 43.9 Å². The molecule has 3 N–H and O–H groups in total. The number of likely N-dealkylation sites (tertiary alicyclic amines) is 1. The van der Waals surface area contributed by atoms with Gasteiger partial charge in [0.05, 0.1) is 23.7 Å². The first-order valence-electron chi connectivity index (χ1n) is 11.5. The largest absolute Gasteiger partial charge is 0.382 e. The summed E-state index contributed by atoms with van der Waals surface area (Å²) in [7, 11) is 0. The van der Waals surface area contributed by atoms with Crippen LogP contribution < -0.4 is 11.3 Å². The Morgan fingerprint density at radius 3 is 2.71 bits per heavy atom. The molecule has 31 heavy (non-hydrogen) atoms. The van der Waals surface area contributed by atoms with Gasteiger partial charge < -0.3 is 10.7 Å². The van der Waals surface area contributed by atoms with E-state index in [1.54, 1.807) is 6.20 Å². The zero-order valence-corrected chi connectivity index (χ0v) is 18.8. The predicted octanol–water partition coefficient (Wildman–Crippen LogP) is 5.06. The van der Waals surface area contributed by atoms with Gasteiger partial charge in [-0.3, -0.25) is 14.7 Å². The van der Waals surface area contributed by atoms with Crippen molar-refractivity contribution < 1.29 is 0 Å². The van der Waals surface area contributed by atoms with Gasteiger partial charge in [0.15, 0.2) is 0 Å². The number of anilines is 1. The molecule has 0 radical (unpaired) electrons. The van der Waals surface area contributed by atoms with Gasteiger partial charge in [0.25, 0.3) is 5.56 Å². The minimum absolute atomic E-state index is 0.172. The van der Waals surface area contributed by atoms with E-state index in [9.17, 15) is 4.79 Å². The highest BCUT2D eigenvalue weighted by Crippen LogP contribution is 2.38. The summed E-state index contributed by atoms with van der Waals surface area (Å²) in [6, 6.07) is 9.65. The molecular formula is C25H33N5O. The summed E-state index contributed by atoms with van der Waals surface area (Å²) in [5, 5.41) is 1.08. The number of nitrogen functional groups attached to an aromatic ring is 1. The van der Waals surface area contributed by atoms with Crippen LogP contribution in [0.1, 0.15) is 70.9 Å². The fourth-order valence-corrected chi connectivity index (χ4v) is 5.16. The van der Waals surface area contributed by atoms with Crippen LogP contribution in [0.4, 0.5) is 5.82 Å². The fourth-order valence-electron chi connectivity index (χ4n) is 5.16. The van der Waals surface area contributed by atoms with Crippen molar-refractivity contribution in [3.63, 3.8) is 0 Å². The molecule has 0 saturated carbocycles. The molecule has 1 fully saturated rings. The second kappa shape index (κ2) is 9.18. The second-order valence-electron chi connectivity index (χ2n) is 8.88. The number of nitrogens with zero attached hydrogens (tertiary/aromatic N) is 3. The molecule has 0 spiro atoms. The lowest BCUT2D eigenvalue weighted by Gasteiger charge is -2.45. The lowest BCUT2D eigenvalue weighted by Crippen LogP contribution is -2.46. The van der Waals surface area contributed by atoms with Crippen molar-refractivity contribution in [2.24, 2.45) is 0 Å². The number of benzene rings is 1. The maximum absolute atomic E-state index is 12.8. The molecule has 3 aromatic rings. The predicted molar refractivity (Wildman–Crippen MR) is 127 cm³/mol. The number of aromatic nitrogens is 3. The lowest BCUT2D eigenvalue weighted by atomic mass is 9.88. The Morgan fingerprint density at radius 1 is 1.23 bits per heavy atom. The monoisotopic (exact) mass is 419 g/mol. The molecule has 3 heterocycles. The SMILES string of the molecule is CCCCC(c1cccc2[nH]c(=O)c(-c3cncc(N)n3)cc12)N1C(C)CCCC1C. The highest BCUT2D eigenvalue weighted by molar-refractivity contribution is 5.86. The molecule has 1 saturated heterocycles. The third-order valence-corrected chi connectivity index (χ3v) is 6.66. The smallest absolute Gasteiger partial charge is 0.257 e. The van der Waals surface area contributed by atoms with Gasteiger partial charge in [-0.15, -0.1) is 0 Å². The number of nitrogens with one attached hydrogen (secondary N) is 1. The minimum Gasteiger partial charge on any atom is -0.382 e. The zero-order chi connectivity index (χ0) is 22.0. The highest BCUT2D eigenvalue weighted by atomic mass is 16.1. The lowest BCUT2D eigenvalue weighted by molar-refractivity contribution is 0.0496. The summed E-state index contributed by atoms with van der Waals surface area (Å²) >= 11 is 0. The van der Waals surface area contributed by atoms with E-state index < -0.39 is 0 Å². The Bertz CT molecular complexity index is 1100. The highest BCUT2D eigenvalue weighted by Gasteiger charge is 2.32. The Kier molecular flexibility index (Phi) is 6.37. The number of aromatic amines is 1. The van der Waals surface area contributed by atoms with Crippen LogP contribution in [0.25, 0.3) is 22.2 Å². The molecule has 4 rings (SSSR count). The molecule has 0 amide bonds. The number of piperidine rings is 1. The third-order valence-electron chi connectivity index (χ3n) is 6.66. The number of nitrogens with two attached hydrogens (primary N) is 1.